The molecule has 0 bridgehead atoms. The van der Waals surface area contributed by atoms with Gasteiger partial charge in [0.25, 0.3) is 0 Å². The fraction of sp³-hybridized carbons (Fsp3) is 0.731. The second-order valence-corrected chi connectivity index (χ2v) is 10.2. The lowest BCUT2D eigenvalue weighted by atomic mass is 9.79. The third kappa shape index (κ3) is 6.18. The van der Waals surface area contributed by atoms with E-state index in [2.05, 4.69) is 24.8 Å². The van der Waals surface area contributed by atoms with E-state index in [0.717, 1.165) is 32.4 Å². The van der Waals surface area contributed by atoms with Crippen LogP contribution in [0.5, 0.6) is 11.5 Å². The van der Waals surface area contributed by atoms with Gasteiger partial charge in [0.2, 0.25) is 0 Å². The van der Waals surface area contributed by atoms with Crippen molar-refractivity contribution in [3.8, 4) is 11.5 Å². The van der Waals surface area contributed by atoms with Crippen molar-refractivity contribution in [2.45, 2.75) is 71.6 Å². The molecule has 0 saturated carbocycles. The van der Waals surface area contributed by atoms with Gasteiger partial charge in [-0.1, -0.05) is 27.7 Å². The molecule has 0 aromatic heterocycles. The topological polar surface area (TPSA) is 74.0 Å². The van der Waals surface area contributed by atoms with E-state index >= 15 is 0 Å². The van der Waals surface area contributed by atoms with E-state index in [1.165, 1.54) is 11.1 Å². The number of rotatable bonds is 10. The average molecular weight is 465 g/mol. The van der Waals surface area contributed by atoms with Gasteiger partial charge in [-0.05, 0) is 47.9 Å². The number of carbonyl (C=O) groups excluding carboxylic acids is 1. The van der Waals surface area contributed by atoms with Crippen molar-refractivity contribution in [3.05, 3.63) is 23.3 Å². The first-order valence-corrected chi connectivity index (χ1v) is 12.3. The van der Waals surface area contributed by atoms with Crippen LogP contribution in [0.3, 0.4) is 0 Å². The van der Waals surface area contributed by atoms with E-state index in [9.17, 15) is 9.18 Å². The number of hydrogen-bond donors (Lipinski definition) is 1. The number of hydrogen-bond acceptors (Lipinski definition) is 6. The van der Waals surface area contributed by atoms with Crippen LogP contribution >= 0.6 is 0 Å². The molecule has 2 heterocycles. The molecule has 2 N–H and O–H groups in total. The molecule has 3 rings (SSSR count). The van der Waals surface area contributed by atoms with E-state index in [0.29, 0.717) is 30.4 Å². The summed E-state index contributed by atoms with van der Waals surface area (Å²) in [6.07, 6.45) is 2.87. The van der Waals surface area contributed by atoms with Gasteiger partial charge in [-0.3, -0.25) is 14.1 Å². The maximum atomic E-state index is 12.7. The zero-order chi connectivity index (χ0) is 24.1. The molecule has 1 saturated heterocycles. The number of esters is 1. The molecule has 0 spiro atoms. The number of nitrogens with two attached hydrogens (primary N) is 1. The number of benzene rings is 1. The fourth-order valence-corrected chi connectivity index (χ4v) is 5.07. The lowest BCUT2D eigenvalue weighted by Crippen LogP contribution is -2.51. The summed E-state index contributed by atoms with van der Waals surface area (Å²) in [5.41, 5.74) is 8.52. The number of ether oxygens (including phenoxy) is 3. The molecule has 1 fully saturated rings. The summed E-state index contributed by atoms with van der Waals surface area (Å²) < 4.78 is 30.0. The second kappa shape index (κ2) is 11.5. The predicted octanol–water partition coefficient (Wildman–Crippen LogP) is 4.29. The van der Waals surface area contributed by atoms with Crippen LogP contribution in [0.1, 0.15) is 64.1 Å². The molecule has 6 nitrogen and oxygen atoms in total. The minimum atomic E-state index is -0.606. The second-order valence-electron chi connectivity index (χ2n) is 10.2. The van der Waals surface area contributed by atoms with Crippen molar-refractivity contribution in [3.63, 3.8) is 0 Å². The van der Waals surface area contributed by atoms with E-state index in [4.69, 9.17) is 19.9 Å². The summed E-state index contributed by atoms with van der Waals surface area (Å²) in [5.74, 6) is 1.87. The lowest BCUT2D eigenvalue weighted by Gasteiger charge is -2.47. The van der Waals surface area contributed by atoms with Crippen LogP contribution in [-0.2, 0) is 16.0 Å². The minimum Gasteiger partial charge on any atom is -0.493 e. The SMILES string of the molecule is COc1cc2c(cc1OCCCF)CCN1CC(CC(C)C)C(OC(=O)[C@@H](N)C(C)C)CC21. The van der Waals surface area contributed by atoms with E-state index in [1.807, 2.05) is 19.9 Å². The summed E-state index contributed by atoms with van der Waals surface area (Å²) in [4.78, 5) is 15.3. The zero-order valence-electron chi connectivity index (χ0n) is 20.8. The maximum Gasteiger partial charge on any atom is 0.323 e. The fourth-order valence-electron chi connectivity index (χ4n) is 5.07. The Morgan fingerprint density at radius 1 is 1.24 bits per heavy atom. The first kappa shape index (κ1) is 25.8. The maximum absolute atomic E-state index is 12.7. The highest BCUT2D eigenvalue weighted by Gasteiger charge is 2.41. The first-order chi connectivity index (χ1) is 15.7. The van der Waals surface area contributed by atoms with Crippen molar-refractivity contribution in [1.82, 2.24) is 4.90 Å². The first-order valence-electron chi connectivity index (χ1n) is 12.3. The van der Waals surface area contributed by atoms with Gasteiger partial charge >= 0.3 is 5.97 Å². The molecule has 7 heteroatoms. The van der Waals surface area contributed by atoms with E-state index in [1.54, 1.807) is 7.11 Å². The van der Waals surface area contributed by atoms with Crippen molar-refractivity contribution in [2.24, 2.45) is 23.5 Å². The van der Waals surface area contributed by atoms with Gasteiger partial charge < -0.3 is 19.9 Å². The number of carbonyl (C=O) groups is 1. The Balaban J connectivity index is 1.85. The molecule has 0 radical (unpaired) electrons. The van der Waals surface area contributed by atoms with Gasteiger partial charge in [0.1, 0.15) is 12.1 Å². The van der Waals surface area contributed by atoms with E-state index in [-0.39, 0.29) is 30.0 Å². The third-order valence-corrected chi connectivity index (χ3v) is 6.91. The predicted molar refractivity (Wildman–Crippen MR) is 127 cm³/mol. The van der Waals surface area contributed by atoms with Crippen molar-refractivity contribution in [2.75, 3.05) is 33.5 Å². The Bertz CT molecular complexity index is 801. The molecule has 3 unspecified atom stereocenters. The van der Waals surface area contributed by atoms with Gasteiger partial charge in [0, 0.05) is 37.9 Å². The molecule has 186 valence electrons. The van der Waals surface area contributed by atoms with Gasteiger partial charge in [-0.2, -0.15) is 0 Å². The number of alkyl halides is 1. The molecule has 1 aromatic carbocycles. The van der Waals surface area contributed by atoms with Crippen LogP contribution in [0.15, 0.2) is 12.1 Å². The Labute approximate surface area is 197 Å². The molecule has 4 atom stereocenters. The summed E-state index contributed by atoms with van der Waals surface area (Å²) in [6.45, 7) is 10.1. The van der Waals surface area contributed by atoms with Crippen LogP contribution in [0.2, 0.25) is 0 Å². The molecule has 33 heavy (non-hydrogen) atoms. The highest BCUT2D eigenvalue weighted by molar-refractivity contribution is 5.76. The highest BCUT2D eigenvalue weighted by atomic mass is 19.1. The minimum absolute atomic E-state index is 0.0385. The van der Waals surface area contributed by atoms with Gasteiger partial charge in [0.15, 0.2) is 11.5 Å². The Morgan fingerprint density at radius 2 is 2.00 bits per heavy atom. The smallest absolute Gasteiger partial charge is 0.323 e. The van der Waals surface area contributed by atoms with Crippen LogP contribution in [-0.4, -0.2) is 56.5 Å². The van der Waals surface area contributed by atoms with Gasteiger partial charge in [-0.15, -0.1) is 0 Å². The molecule has 1 aromatic rings. The monoisotopic (exact) mass is 464 g/mol. The van der Waals surface area contributed by atoms with Gasteiger partial charge in [0.05, 0.1) is 20.4 Å². The van der Waals surface area contributed by atoms with Crippen LogP contribution in [0.25, 0.3) is 0 Å². The molecule has 0 amide bonds. The van der Waals surface area contributed by atoms with Crippen LogP contribution in [0, 0.1) is 17.8 Å². The quantitative estimate of drug-likeness (QED) is 0.411. The normalized spacial score (nSPS) is 23.7. The summed E-state index contributed by atoms with van der Waals surface area (Å²) in [6, 6.07) is 3.64. The van der Waals surface area contributed by atoms with Crippen molar-refractivity contribution >= 4 is 5.97 Å². The van der Waals surface area contributed by atoms with Gasteiger partial charge in [-0.25, -0.2) is 0 Å². The summed E-state index contributed by atoms with van der Waals surface area (Å²) in [5, 5.41) is 0. The standard InChI is InChI=1S/C26H41FN2O4/c1-16(2)11-19-15-29-9-7-18-12-24(32-10-6-8-27)23(31-5)13-20(18)21(29)14-22(19)33-26(30)25(28)17(3)4/h12-13,16-17,19,21-22,25H,6-11,14-15,28H2,1-5H3/t19?,21?,22?,25-/m0/s1. The molecule has 2 aliphatic rings. The van der Waals surface area contributed by atoms with Crippen LogP contribution in [0.4, 0.5) is 4.39 Å². The third-order valence-electron chi connectivity index (χ3n) is 6.91. The van der Waals surface area contributed by atoms with Crippen molar-refractivity contribution < 1.29 is 23.4 Å². The molecular formula is C26H41FN2O4. The number of methoxy groups -OCH3 is 1. The van der Waals surface area contributed by atoms with Crippen molar-refractivity contribution in [1.29, 1.82) is 0 Å². The van der Waals surface area contributed by atoms with E-state index < -0.39 is 12.7 Å². The number of halogens is 1. The lowest BCUT2D eigenvalue weighted by molar-refractivity contribution is -0.160. The largest absolute Gasteiger partial charge is 0.493 e. The summed E-state index contributed by atoms with van der Waals surface area (Å²) in [7, 11) is 1.63. The highest BCUT2D eigenvalue weighted by Crippen LogP contribution is 2.44. The average Bonchev–Trinajstić information content (AvgIpc) is 2.78. The Morgan fingerprint density at radius 3 is 2.64 bits per heavy atom. The number of nitrogens with zero attached hydrogens (tertiary/aromatic N) is 1. The number of piperidine rings is 1. The number of fused-ring (bicyclic) bond motifs is 3. The molecule has 0 aliphatic carbocycles. The molecular weight excluding hydrogens is 423 g/mol. The van der Waals surface area contributed by atoms with Crippen LogP contribution < -0.4 is 15.2 Å². The Kier molecular flexibility index (Phi) is 8.99. The zero-order valence-corrected chi connectivity index (χ0v) is 20.8. The Hall–Kier alpha value is -1.86. The summed E-state index contributed by atoms with van der Waals surface area (Å²) >= 11 is 0. The molecule has 2 aliphatic heterocycles.